The molecule has 0 aliphatic carbocycles. The number of sulfonamides is 1. The molecule has 7 heteroatoms. The highest BCUT2D eigenvalue weighted by molar-refractivity contribution is 7.89. The molecule has 5 nitrogen and oxygen atoms in total. The fourth-order valence-electron chi connectivity index (χ4n) is 2.44. The van der Waals surface area contributed by atoms with Crippen LogP contribution in [0.1, 0.15) is 25.8 Å². The molecule has 1 unspecified atom stereocenters. The first-order valence-corrected chi connectivity index (χ1v) is 9.82. The lowest BCUT2D eigenvalue weighted by atomic mass is 10.0. The fourth-order valence-corrected chi connectivity index (χ4v) is 3.64. The van der Waals surface area contributed by atoms with Crippen molar-refractivity contribution in [2.45, 2.75) is 38.1 Å². The van der Waals surface area contributed by atoms with Crippen LogP contribution in [0.25, 0.3) is 0 Å². The number of hydrogen-bond donors (Lipinski definition) is 2. The van der Waals surface area contributed by atoms with Crippen LogP contribution in [-0.2, 0) is 14.8 Å². The number of carbonyl (C=O) groups is 1. The third-order valence-corrected chi connectivity index (χ3v) is 5.27. The number of rotatable bonds is 7. The molecule has 2 rings (SSSR count). The minimum Gasteiger partial charge on any atom is -0.322 e. The predicted octanol–water partition coefficient (Wildman–Crippen LogP) is 3.47. The van der Waals surface area contributed by atoms with E-state index in [0.29, 0.717) is 0 Å². The van der Waals surface area contributed by atoms with Crippen molar-refractivity contribution in [2.24, 2.45) is 5.92 Å². The maximum Gasteiger partial charge on any atom is 0.242 e. The molecule has 2 N–H and O–H groups in total. The first-order valence-electron chi connectivity index (χ1n) is 8.33. The molecule has 0 aliphatic heterocycles. The Bertz CT molecular complexity index is 865. The number of hydrogen-bond acceptors (Lipinski definition) is 3. The number of carbonyl (C=O) groups excluding carboxylic acids is 1. The zero-order chi connectivity index (χ0) is 19.3. The Balaban J connectivity index is 2.22. The summed E-state index contributed by atoms with van der Waals surface area (Å²) in [5, 5.41) is 2.46. The van der Waals surface area contributed by atoms with Crippen molar-refractivity contribution < 1.29 is 17.6 Å². The van der Waals surface area contributed by atoms with E-state index in [1.54, 1.807) is 18.2 Å². The standard InChI is InChI=1S/C19H23FN2O3S/c1-13(2)12-18(19(23)21-17-7-5-4-6-16(17)20)22-26(24,25)15-10-8-14(3)9-11-15/h4-11,13,18,22H,12H2,1-3H3,(H,21,23). The lowest BCUT2D eigenvalue weighted by molar-refractivity contribution is -0.118. The third-order valence-electron chi connectivity index (χ3n) is 3.78. The molecule has 2 aromatic carbocycles. The Hall–Kier alpha value is -2.25. The molecule has 2 aromatic rings. The molecule has 0 aromatic heterocycles. The van der Waals surface area contributed by atoms with Crippen molar-refractivity contribution in [3.05, 3.63) is 59.9 Å². The van der Waals surface area contributed by atoms with E-state index in [9.17, 15) is 17.6 Å². The summed E-state index contributed by atoms with van der Waals surface area (Å²) in [6, 6.07) is 11.1. The van der Waals surface area contributed by atoms with Crippen LogP contribution in [-0.4, -0.2) is 20.4 Å². The highest BCUT2D eigenvalue weighted by Gasteiger charge is 2.27. The summed E-state index contributed by atoms with van der Waals surface area (Å²) >= 11 is 0. The van der Waals surface area contributed by atoms with Crippen LogP contribution in [0, 0.1) is 18.7 Å². The lowest BCUT2D eigenvalue weighted by Gasteiger charge is -2.20. The number of amides is 1. The first kappa shape index (κ1) is 20.1. The van der Waals surface area contributed by atoms with Gasteiger partial charge < -0.3 is 5.32 Å². The number of benzene rings is 2. The van der Waals surface area contributed by atoms with Gasteiger partial charge in [0.25, 0.3) is 0 Å². The summed E-state index contributed by atoms with van der Waals surface area (Å²) in [6.07, 6.45) is 0.283. The molecular weight excluding hydrogens is 355 g/mol. The summed E-state index contributed by atoms with van der Waals surface area (Å²) in [7, 11) is -3.87. The highest BCUT2D eigenvalue weighted by atomic mass is 32.2. The molecule has 0 fully saturated rings. The van der Waals surface area contributed by atoms with Crippen LogP contribution >= 0.6 is 0 Å². The lowest BCUT2D eigenvalue weighted by Crippen LogP contribution is -2.44. The van der Waals surface area contributed by atoms with Crippen LogP contribution in [0.4, 0.5) is 10.1 Å². The molecule has 0 saturated heterocycles. The summed E-state index contributed by atoms with van der Waals surface area (Å²) in [4.78, 5) is 12.6. The van der Waals surface area contributed by atoms with Gasteiger partial charge in [-0.15, -0.1) is 0 Å². The molecular formula is C19H23FN2O3S. The van der Waals surface area contributed by atoms with Crippen LogP contribution in [0.2, 0.25) is 0 Å². The van der Waals surface area contributed by atoms with E-state index in [1.807, 2.05) is 20.8 Å². The zero-order valence-electron chi connectivity index (χ0n) is 15.0. The van der Waals surface area contributed by atoms with E-state index in [0.717, 1.165) is 5.56 Å². The Morgan fingerprint density at radius 2 is 1.69 bits per heavy atom. The monoisotopic (exact) mass is 378 g/mol. The van der Waals surface area contributed by atoms with Gasteiger partial charge in [0.15, 0.2) is 0 Å². The maximum absolute atomic E-state index is 13.8. The van der Waals surface area contributed by atoms with Gasteiger partial charge in [-0.25, -0.2) is 12.8 Å². The molecule has 140 valence electrons. The molecule has 0 aliphatic rings. The van der Waals surface area contributed by atoms with E-state index in [1.165, 1.54) is 30.3 Å². The van der Waals surface area contributed by atoms with E-state index in [-0.39, 0.29) is 22.9 Å². The normalized spacial score (nSPS) is 12.8. The zero-order valence-corrected chi connectivity index (χ0v) is 15.8. The van der Waals surface area contributed by atoms with Gasteiger partial charge in [0.05, 0.1) is 10.6 Å². The van der Waals surface area contributed by atoms with Gasteiger partial charge in [-0.3, -0.25) is 4.79 Å². The van der Waals surface area contributed by atoms with Gasteiger partial charge in [-0.1, -0.05) is 43.7 Å². The van der Waals surface area contributed by atoms with Crippen LogP contribution in [0.15, 0.2) is 53.4 Å². The summed E-state index contributed by atoms with van der Waals surface area (Å²) < 4.78 is 41.4. The van der Waals surface area contributed by atoms with Gasteiger partial charge in [-0.05, 0) is 43.5 Å². The number of nitrogens with one attached hydrogen (secondary N) is 2. The molecule has 0 saturated carbocycles. The van der Waals surface area contributed by atoms with Gasteiger partial charge in [-0.2, -0.15) is 4.72 Å². The minimum atomic E-state index is -3.87. The van der Waals surface area contributed by atoms with Gasteiger partial charge in [0.2, 0.25) is 15.9 Å². The van der Waals surface area contributed by atoms with E-state index in [2.05, 4.69) is 10.0 Å². The second-order valence-electron chi connectivity index (χ2n) is 6.59. The van der Waals surface area contributed by atoms with Gasteiger partial charge >= 0.3 is 0 Å². The van der Waals surface area contributed by atoms with Crippen molar-refractivity contribution in [3.63, 3.8) is 0 Å². The smallest absolute Gasteiger partial charge is 0.242 e. The topological polar surface area (TPSA) is 75.3 Å². The number of anilines is 1. The molecule has 0 bridgehead atoms. The number of halogens is 1. The minimum absolute atomic E-state index is 0.0146. The predicted molar refractivity (Wildman–Crippen MR) is 99.8 cm³/mol. The van der Waals surface area contributed by atoms with Gasteiger partial charge in [0.1, 0.15) is 11.9 Å². The maximum atomic E-state index is 13.8. The van der Waals surface area contributed by atoms with Gasteiger partial charge in [0, 0.05) is 0 Å². The molecule has 0 spiro atoms. The highest BCUT2D eigenvalue weighted by Crippen LogP contribution is 2.17. The van der Waals surface area contributed by atoms with E-state index >= 15 is 0 Å². The summed E-state index contributed by atoms with van der Waals surface area (Å²) in [5.74, 6) is -1.11. The van der Waals surface area contributed by atoms with Crippen LogP contribution in [0.5, 0.6) is 0 Å². The second kappa shape index (κ2) is 8.42. The first-order chi connectivity index (χ1) is 12.2. The van der Waals surface area contributed by atoms with Crippen molar-refractivity contribution >= 4 is 21.6 Å². The molecule has 0 heterocycles. The van der Waals surface area contributed by atoms with Crippen LogP contribution in [0.3, 0.4) is 0 Å². The molecule has 26 heavy (non-hydrogen) atoms. The number of para-hydroxylation sites is 1. The number of aryl methyl sites for hydroxylation is 1. The Labute approximate surface area is 153 Å². The van der Waals surface area contributed by atoms with Crippen molar-refractivity contribution in [2.75, 3.05) is 5.32 Å². The molecule has 1 atom stereocenters. The third kappa shape index (κ3) is 5.37. The Morgan fingerprint density at radius 3 is 2.27 bits per heavy atom. The summed E-state index contributed by atoms with van der Waals surface area (Å²) in [6.45, 7) is 5.61. The average molecular weight is 378 g/mol. The average Bonchev–Trinajstić information content (AvgIpc) is 2.56. The fraction of sp³-hybridized carbons (Fsp3) is 0.316. The summed E-state index contributed by atoms with van der Waals surface area (Å²) in [5.41, 5.74) is 0.945. The Morgan fingerprint density at radius 1 is 1.08 bits per heavy atom. The van der Waals surface area contributed by atoms with Crippen molar-refractivity contribution in [3.8, 4) is 0 Å². The van der Waals surface area contributed by atoms with Crippen LogP contribution < -0.4 is 10.0 Å². The second-order valence-corrected chi connectivity index (χ2v) is 8.30. The van der Waals surface area contributed by atoms with E-state index in [4.69, 9.17) is 0 Å². The largest absolute Gasteiger partial charge is 0.322 e. The molecule has 0 radical (unpaired) electrons. The van der Waals surface area contributed by atoms with Crippen molar-refractivity contribution in [1.82, 2.24) is 4.72 Å². The SMILES string of the molecule is Cc1ccc(S(=O)(=O)NC(CC(C)C)C(=O)Nc2ccccc2F)cc1. The Kier molecular flexibility index (Phi) is 6.50. The van der Waals surface area contributed by atoms with Crippen molar-refractivity contribution in [1.29, 1.82) is 0 Å². The molecule has 1 amide bonds. The van der Waals surface area contributed by atoms with E-state index < -0.39 is 27.8 Å². The quantitative estimate of drug-likeness (QED) is 0.775.